The van der Waals surface area contributed by atoms with Gasteiger partial charge in [0, 0.05) is 5.56 Å². The molecule has 1 aliphatic carbocycles. The molecular formula is C27H28N2O3S. The van der Waals surface area contributed by atoms with Gasteiger partial charge in [-0.05, 0) is 78.1 Å². The van der Waals surface area contributed by atoms with Crippen molar-refractivity contribution in [1.29, 1.82) is 0 Å². The second kappa shape index (κ2) is 7.82. The fourth-order valence-corrected chi connectivity index (χ4v) is 7.01. The summed E-state index contributed by atoms with van der Waals surface area (Å²) in [4.78, 5) is 4.67. The molecule has 170 valence electrons. The highest BCUT2D eigenvalue weighted by Crippen LogP contribution is 2.46. The van der Waals surface area contributed by atoms with Crippen LogP contribution in [0.1, 0.15) is 40.7 Å². The molecule has 0 radical (unpaired) electrons. The lowest BCUT2D eigenvalue weighted by Crippen LogP contribution is -2.43. The number of aliphatic hydroxyl groups is 1. The minimum atomic E-state index is -3.45. The van der Waals surface area contributed by atoms with Crippen LogP contribution >= 0.6 is 0 Å². The molecule has 0 saturated heterocycles. The van der Waals surface area contributed by atoms with Gasteiger partial charge in [0.25, 0.3) is 0 Å². The third kappa shape index (κ3) is 3.77. The highest BCUT2D eigenvalue weighted by Gasteiger charge is 2.45. The topological polar surface area (TPSA) is 92.8 Å². The normalized spacial score (nSPS) is 21.9. The van der Waals surface area contributed by atoms with Gasteiger partial charge in [0.1, 0.15) is 5.84 Å². The zero-order valence-corrected chi connectivity index (χ0v) is 19.7. The number of sulfone groups is 1. The number of nitrogens with two attached hydrogens (primary N) is 1. The molecule has 6 heteroatoms. The van der Waals surface area contributed by atoms with Crippen LogP contribution in [-0.4, -0.2) is 25.1 Å². The second-order valence-electron chi connectivity index (χ2n) is 9.40. The summed E-state index contributed by atoms with van der Waals surface area (Å²) in [5, 5.41) is 10.8. The Morgan fingerprint density at radius 1 is 1.03 bits per heavy atom. The van der Waals surface area contributed by atoms with Gasteiger partial charge in [-0.1, -0.05) is 48.5 Å². The van der Waals surface area contributed by atoms with E-state index in [1.54, 1.807) is 12.1 Å². The maximum absolute atomic E-state index is 13.1. The first kappa shape index (κ1) is 21.9. The minimum Gasteiger partial charge on any atom is -0.385 e. The third-order valence-corrected chi connectivity index (χ3v) is 8.98. The molecule has 5 rings (SSSR count). The highest BCUT2D eigenvalue weighted by atomic mass is 32.2. The van der Waals surface area contributed by atoms with Crippen LogP contribution in [0.4, 0.5) is 0 Å². The molecule has 3 aromatic carbocycles. The van der Waals surface area contributed by atoms with Crippen molar-refractivity contribution < 1.29 is 13.5 Å². The number of amidine groups is 1. The molecule has 1 heterocycles. The van der Waals surface area contributed by atoms with Crippen molar-refractivity contribution in [2.24, 2.45) is 16.6 Å². The molecule has 2 aliphatic rings. The first-order valence-electron chi connectivity index (χ1n) is 11.2. The van der Waals surface area contributed by atoms with Crippen LogP contribution in [0.3, 0.4) is 0 Å². The molecule has 0 spiro atoms. The van der Waals surface area contributed by atoms with Gasteiger partial charge < -0.3 is 10.8 Å². The number of hydrogen-bond donors (Lipinski definition) is 2. The average molecular weight is 461 g/mol. The Bertz CT molecular complexity index is 1370. The molecule has 5 nitrogen and oxygen atoms in total. The van der Waals surface area contributed by atoms with Crippen molar-refractivity contribution in [3.63, 3.8) is 0 Å². The summed E-state index contributed by atoms with van der Waals surface area (Å²) in [6.07, 6.45) is 0.926. The van der Waals surface area contributed by atoms with Crippen LogP contribution in [-0.2, 0) is 22.0 Å². The summed E-state index contributed by atoms with van der Waals surface area (Å²) in [6.45, 7) is 4.59. The zero-order chi connectivity index (χ0) is 23.4. The lowest BCUT2D eigenvalue weighted by molar-refractivity contribution is -0.0727. The molecule has 33 heavy (non-hydrogen) atoms. The smallest absolute Gasteiger partial charge is 0.178 e. The number of rotatable bonds is 5. The van der Waals surface area contributed by atoms with E-state index in [1.165, 1.54) is 0 Å². The average Bonchev–Trinajstić information content (AvgIpc) is 3.15. The lowest BCUT2D eigenvalue weighted by atomic mass is 9.68. The predicted octanol–water partition coefficient (Wildman–Crippen LogP) is 4.26. The van der Waals surface area contributed by atoms with Crippen molar-refractivity contribution in [2.45, 2.75) is 43.7 Å². The maximum Gasteiger partial charge on any atom is 0.178 e. The number of aliphatic imine (C=N–C) groups is 1. The van der Waals surface area contributed by atoms with Gasteiger partial charge in [-0.3, -0.25) is 4.99 Å². The summed E-state index contributed by atoms with van der Waals surface area (Å²) < 4.78 is 26.3. The summed E-state index contributed by atoms with van der Waals surface area (Å²) in [5.74, 6) is 0.560. The first-order valence-corrected chi connectivity index (χ1v) is 12.9. The third-order valence-electron chi connectivity index (χ3n) is 7.09. The van der Waals surface area contributed by atoms with E-state index in [-0.39, 0.29) is 11.7 Å². The van der Waals surface area contributed by atoms with Gasteiger partial charge in [0.15, 0.2) is 9.84 Å². The molecule has 1 aliphatic heterocycles. The van der Waals surface area contributed by atoms with E-state index in [1.807, 2.05) is 50.2 Å². The molecule has 1 saturated carbocycles. The fraction of sp³-hybridized carbons (Fsp3) is 0.296. The number of benzene rings is 3. The van der Waals surface area contributed by atoms with Crippen LogP contribution in [0.2, 0.25) is 0 Å². The summed E-state index contributed by atoms with van der Waals surface area (Å²) in [6, 6.07) is 19.0. The van der Waals surface area contributed by atoms with Gasteiger partial charge in [0.05, 0.1) is 22.8 Å². The number of hydrogen-bond acceptors (Lipinski definition) is 5. The van der Waals surface area contributed by atoms with Gasteiger partial charge in [-0.25, -0.2) is 8.42 Å². The summed E-state index contributed by atoms with van der Waals surface area (Å²) in [7, 11) is -3.45. The van der Waals surface area contributed by atoms with Gasteiger partial charge in [-0.2, -0.15) is 0 Å². The van der Waals surface area contributed by atoms with Gasteiger partial charge in [0.2, 0.25) is 0 Å². The molecular weight excluding hydrogens is 432 g/mol. The van der Waals surface area contributed by atoms with E-state index in [2.05, 4.69) is 17.1 Å². The molecule has 0 amide bonds. The van der Waals surface area contributed by atoms with E-state index in [4.69, 9.17) is 5.73 Å². The maximum atomic E-state index is 13.1. The Kier molecular flexibility index (Phi) is 5.18. The monoisotopic (exact) mass is 460 g/mol. The van der Waals surface area contributed by atoms with Gasteiger partial charge >= 0.3 is 0 Å². The largest absolute Gasteiger partial charge is 0.385 e. The summed E-state index contributed by atoms with van der Waals surface area (Å²) in [5.41, 5.74) is 12.2. The van der Waals surface area contributed by atoms with Crippen molar-refractivity contribution >= 4 is 15.7 Å². The van der Waals surface area contributed by atoms with Crippen LogP contribution in [0.15, 0.2) is 70.6 Å². The Labute approximate surface area is 194 Å². The van der Waals surface area contributed by atoms with Crippen LogP contribution < -0.4 is 5.73 Å². The molecule has 0 atom stereocenters. The Morgan fingerprint density at radius 2 is 1.73 bits per heavy atom. The van der Waals surface area contributed by atoms with Gasteiger partial charge in [-0.15, -0.1) is 0 Å². The number of nitrogens with zero attached hydrogens (tertiary/aromatic N) is 1. The van der Waals surface area contributed by atoms with Crippen molar-refractivity contribution in [3.8, 4) is 11.1 Å². The lowest BCUT2D eigenvalue weighted by Gasteiger charge is -2.44. The van der Waals surface area contributed by atoms with E-state index >= 15 is 0 Å². The first-order chi connectivity index (χ1) is 15.7. The van der Waals surface area contributed by atoms with E-state index in [9.17, 15) is 13.5 Å². The molecule has 0 aromatic heterocycles. The zero-order valence-electron chi connectivity index (χ0n) is 18.9. The fourth-order valence-electron chi connectivity index (χ4n) is 5.33. The van der Waals surface area contributed by atoms with E-state index in [0.717, 1.165) is 38.9 Å². The van der Waals surface area contributed by atoms with Crippen molar-refractivity contribution in [3.05, 3.63) is 88.5 Å². The number of aryl methyl sites for hydroxylation is 1. The molecule has 0 bridgehead atoms. The predicted molar refractivity (Wildman–Crippen MR) is 131 cm³/mol. The van der Waals surface area contributed by atoms with Crippen LogP contribution in [0, 0.1) is 19.8 Å². The quantitative estimate of drug-likeness (QED) is 0.595. The van der Waals surface area contributed by atoms with Crippen LogP contribution in [0.5, 0.6) is 0 Å². The second-order valence-corrected chi connectivity index (χ2v) is 11.4. The van der Waals surface area contributed by atoms with Crippen molar-refractivity contribution in [2.75, 3.05) is 5.75 Å². The Hall–Kier alpha value is -2.96. The highest BCUT2D eigenvalue weighted by molar-refractivity contribution is 7.91. The molecule has 0 unspecified atom stereocenters. The van der Waals surface area contributed by atoms with E-state index in [0.29, 0.717) is 30.1 Å². The number of fused-ring (bicyclic) bond motifs is 1. The molecule has 3 N–H and O–H groups in total. The van der Waals surface area contributed by atoms with Crippen LogP contribution in [0.25, 0.3) is 11.1 Å². The molecule has 3 aromatic rings. The van der Waals surface area contributed by atoms with Crippen molar-refractivity contribution in [1.82, 2.24) is 0 Å². The summed E-state index contributed by atoms with van der Waals surface area (Å²) >= 11 is 0. The molecule has 1 fully saturated rings. The minimum absolute atomic E-state index is 0.0474. The van der Waals surface area contributed by atoms with E-state index < -0.39 is 15.4 Å². The Morgan fingerprint density at radius 3 is 2.42 bits per heavy atom. The SMILES string of the molecule is Cc1cc(S(=O)(=O)CC2CC(O)(c3ccccc3)C2)ccc1-c1ccc2c(c1C)C(N)=NC2. The standard InChI is InChI=1S/C27H28N2O3S/c1-17-12-22(9-11-23(17)24-10-8-20-15-29-26(28)25(20)18(24)2)33(31,32)16-19-13-27(30,14-19)21-6-4-3-5-7-21/h3-12,19,30H,13-16H2,1-2H3,(H2,28,29). The Balaban J connectivity index is 1.36.